The molecule has 0 bridgehead atoms. The van der Waals surface area contributed by atoms with Gasteiger partial charge in [0.25, 0.3) is 11.8 Å². The molecule has 1 N–H and O–H groups in total. The van der Waals surface area contributed by atoms with Crippen molar-refractivity contribution < 1.29 is 28.6 Å². The first-order chi connectivity index (χ1) is 18.4. The Balaban J connectivity index is 1.33. The summed E-state index contributed by atoms with van der Waals surface area (Å²) < 4.78 is 17.1. The maximum Gasteiger partial charge on any atom is 0.256 e. The first-order valence-electron chi connectivity index (χ1n) is 13.3. The number of rotatable bonds is 6. The van der Waals surface area contributed by atoms with Crippen LogP contribution in [0.25, 0.3) is 0 Å². The van der Waals surface area contributed by atoms with Crippen LogP contribution in [-0.4, -0.2) is 85.3 Å². The van der Waals surface area contributed by atoms with Gasteiger partial charge in [0.05, 0.1) is 19.8 Å². The average Bonchev–Trinajstić information content (AvgIpc) is 3.60. The summed E-state index contributed by atoms with van der Waals surface area (Å²) in [6.07, 6.45) is 2.74. The summed E-state index contributed by atoms with van der Waals surface area (Å²) in [4.78, 5) is 43.8. The van der Waals surface area contributed by atoms with E-state index < -0.39 is 11.8 Å². The van der Waals surface area contributed by atoms with Crippen LogP contribution in [0.4, 0.5) is 0 Å². The van der Waals surface area contributed by atoms with E-state index in [1.165, 1.54) is 0 Å². The lowest BCUT2D eigenvalue weighted by Gasteiger charge is -2.44. The van der Waals surface area contributed by atoms with Gasteiger partial charge in [-0.15, -0.1) is 0 Å². The van der Waals surface area contributed by atoms with E-state index in [-0.39, 0.29) is 30.4 Å². The van der Waals surface area contributed by atoms with Gasteiger partial charge in [0.2, 0.25) is 5.91 Å². The van der Waals surface area contributed by atoms with Crippen molar-refractivity contribution in [2.45, 2.75) is 50.5 Å². The minimum absolute atomic E-state index is 0.00311. The summed E-state index contributed by atoms with van der Waals surface area (Å²) in [5, 5.41) is 2.98. The molecule has 0 radical (unpaired) electrons. The summed E-state index contributed by atoms with van der Waals surface area (Å²) in [5.41, 5.74) is 1.10. The topological polar surface area (TPSA) is 97.4 Å². The Morgan fingerprint density at radius 3 is 2.47 bits per heavy atom. The second-order valence-corrected chi connectivity index (χ2v) is 10.2. The summed E-state index contributed by atoms with van der Waals surface area (Å²) >= 11 is 0. The minimum Gasteiger partial charge on any atom is -0.497 e. The van der Waals surface area contributed by atoms with E-state index in [0.29, 0.717) is 56.0 Å². The van der Waals surface area contributed by atoms with Gasteiger partial charge < -0.3 is 24.4 Å². The number of hydrogen-bond acceptors (Lipinski definition) is 6. The number of nitrogens with zero attached hydrogens (tertiary/aromatic N) is 2. The third-order valence-corrected chi connectivity index (χ3v) is 7.74. The Morgan fingerprint density at radius 2 is 1.82 bits per heavy atom. The quantitative estimate of drug-likeness (QED) is 0.628. The highest BCUT2D eigenvalue weighted by molar-refractivity contribution is 5.99. The van der Waals surface area contributed by atoms with Crippen molar-refractivity contribution in [2.24, 2.45) is 0 Å². The first-order valence-corrected chi connectivity index (χ1v) is 13.3. The largest absolute Gasteiger partial charge is 0.497 e. The number of carbonyl (C=O) groups excluding carboxylic acids is 3. The van der Waals surface area contributed by atoms with Crippen molar-refractivity contribution in [3.8, 4) is 5.75 Å². The Morgan fingerprint density at radius 1 is 1.05 bits per heavy atom. The molecule has 5 rings (SSSR count). The lowest BCUT2D eigenvalue weighted by atomic mass is 9.95. The summed E-state index contributed by atoms with van der Waals surface area (Å²) in [6.45, 7) is 3.99. The molecule has 2 atom stereocenters. The summed E-state index contributed by atoms with van der Waals surface area (Å²) in [6, 6.07) is 13.6. The van der Waals surface area contributed by atoms with Gasteiger partial charge in [-0.05, 0) is 56.2 Å². The number of hydrogen-bond donors (Lipinski definition) is 1. The lowest BCUT2D eigenvalue weighted by molar-refractivity contribution is -0.128. The molecule has 0 aliphatic carbocycles. The molecule has 3 aliphatic heterocycles. The van der Waals surface area contributed by atoms with Gasteiger partial charge in [0.15, 0.2) is 0 Å². The van der Waals surface area contributed by atoms with E-state index in [1.54, 1.807) is 47.2 Å². The van der Waals surface area contributed by atoms with E-state index in [9.17, 15) is 14.4 Å². The molecule has 0 unspecified atom stereocenters. The maximum atomic E-state index is 13.9. The summed E-state index contributed by atoms with van der Waals surface area (Å²) in [5.74, 6) is 0.129. The van der Waals surface area contributed by atoms with E-state index in [4.69, 9.17) is 14.2 Å². The van der Waals surface area contributed by atoms with E-state index in [0.717, 1.165) is 18.4 Å². The maximum absolute atomic E-state index is 13.9. The van der Waals surface area contributed by atoms with Crippen molar-refractivity contribution in [3.05, 3.63) is 65.2 Å². The Hall–Kier alpha value is -3.43. The number of likely N-dealkylation sites (tertiary alicyclic amines) is 1. The van der Waals surface area contributed by atoms with Crippen LogP contribution < -0.4 is 10.1 Å². The van der Waals surface area contributed by atoms with Gasteiger partial charge in [0, 0.05) is 50.2 Å². The average molecular weight is 522 g/mol. The Kier molecular flexibility index (Phi) is 7.67. The van der Waals surface area contributed by atoms with Gasteiger partial charge in [-0.1, -0.05) is 17.7 Å². The van der Waals surface area contributed by atoms with E-state index >= 15 is 0 Å². The van der Waals surface area contributed by atoms with Crippen molar-refractivity contribution in [2.75, 3.05) is 40.0 Å². The first kappa shape index (κ1) is 26.2. The van der Waals surface area contributed by atoms with Crippen LogP contribution in [0.1, 0.15) is 52.0 Å². The highest BCUT2D eigenvalue weighted by atomic mass is 16.5. The molecular weight excluding hydrogens is 486 g/mol. The van der Waals surface area contributed by atoms with Crippen molar-refractivity contribution in [3.63, 3.8) is 0 Å². The zero-order chi connectivity index (χ0) is 26.7. The number of carbonyl (C=O) groups is 3. The molecule has 9 nitrogen and oxygen atoms in total. The van der Waals surface area contributed by atoms with Crippen LogP contribution in [0.5, 0.6) is 5.75 Å². The highest BCUT2D eigenvalue weighted by Gasteiger charge is 2.54. The zero-order valence-electron chi connectivity index (χ0n) is 22.0. The van der Waals surface area contributed by atoms with Gasteiger partial charge >= 0.3 is 0 Å². The third kappa shape index (κ3) is 5.26. The van der Waals surface area contributed by atoms with Gasteiger partial charge in [0.1, 0.15) is 17.5 Å². The van der Waals surface area contributed by atoms with Crippen LogP contribution >= 0.6 is 0 Å². The van der Waals surface area contributed by atoms with Gasteiger partial charge in [-0.25, -0.2) is 0 Å². The molecule has 3 aliphatic rings. The molecule has 0 aromatic heterocycles. The van der Waals surface area contributed by atoms with Gasteiger partial charge in [-0.2, -0.15) is 0 Å². The molecule has 3 amide bonds. The van der Waals surface area contributed by atoms with Crippen molar-refractivity contribution in [1.29, 1.82) is 0 Å². The smallest absolute Gasteiger partial charge is 0.256 e. The molecular formula is C29H35N3O6. The molecule has 2 aromatic carbocycles. The summed E-state index contributed by atoms with van der Waals surface area (Å²) in [7, 11) is 1.59. The number of ether oxygens (including phenoxy) is 3. The number of benzene rings is 2. The molecule has 9 heteroatoms. The van der Waals surface area contributed by atoms with Crippen molar-refractivity contribution in [1.82, 2.24) is 15.1 Å². The number of aryl methyl sites for hydroxylation is 1. The molecule has 1 spiro atoms. The Bertz CT molecular complexity index is 1170. The lowest BCUT2D eigenvalue weighted by Crippen LogP contribution is -2.60. The SMILES string of the molecule is COc1ccc(C(=O)N2CCC3(CC2)OC[C@H](C(=O)NC[C@@H]2CCCO2)N3C(=O)c2cccc(C)c2)cc1. The highest BCUT2D eigenvalue weighted by Crippen LogP contribution is 2.39. The molecule has 0 saturated carbocycles. The predicted molar refractivity (Wildman–Crippen MR) is 140 cm³/mol. The van der Waals surface area contributed by atoms with Crippen molar-refractivity contribution >= 4 is 17.7 Å². The van der Waals surface area contributed by atoms with Crippen LogP contribution in [0.15, 0.2) is 48.5 Å². The normalized spacial score (nSPS) is 22.5. The number of piperidine rings is 1. The zero-order valence-corrected chi connectivity index (χ0v) is 22.0. The molecule has 38 heavy (non-hydrogen) atoms. The fourth-order valence-corrected chi connectivity index (χ4v) is 5.60. The fraction of sp³-hybridized carbons (Fsp3) is 0.483. The van der Waals surface area contributed by atoms with Crippen LogP contribution in [0.3, 0.4) is 0 Å². The predicted octanol–water partition coefficient (Wildman–Crippen LogP) is 2.77. The third-order valence-electron chi connectivity index (χ3n) is 7.74. The molecule has 3 saturated heterocycles. The number of methoxy groups -OCH3 is 1. The Labute approximate surface area is 223 Å². The second kappa shape index (κ2) is 11.1. The molecule has 3 fully saturated rings. The molecule has 2 aromatic rings. The standard InChI is InChI=1S/C29H35N3O6/c1-20-5-3-6-22(17-20)28(35)32-25(26(33)30-18-24-7-4-16-37-24)19-38-29(32)12-14-31(15-13-29)27(34)21-8-10-23(36-2)11-9-21/h3,5-6,8-11,17,24-25H,4,7,12-16,18-19H2,1-2H3,(H,30,33)/t24-,25+/m0/s1. The van der Waals surface area contributed by atoms with Crippen LogP contribution in [0, 0.1) is 6.92 Å². The number of nitrogens with one attached hydrogen (secondary N) is 1. The fourth-order valence-electron chi connectivity index (χ4n) is 5.60. The second-order valence-electron chi connectivity index (χ2n) is 10.2. The molecule has 202 valence electrons. The number of amides is 3. The molecule has 3 heterocycles. The van der Waals surface area contributed by atoms with Gasteiger partial charge in [-0.3, -0.25) is 19.3 Å². The van der Waals surface area contributed by atoms with E-state index in [1.807, 2.05) is 25.1 Å². The van der Waals surface area contributed by atoms with Crippen LogP contribution in [-0.2, 0) is 14.3 Å². The van der Waals surface area contributed by atoms with Crippen LogP contribution in [0.2, 0.25) is 0 Å². The minimum atomic E-state index is -0.955. The van der Waals surface area contributed by atoms with E-state index in [2.05, 4.69) is 5.32 Å². The monoisotopic (exact) mass is 521 g/mol.